The Morgan fingerprint density at radius 1 is 1.41 bits per heavy atom. The number of aliphatic hydroxyl groups is 1. The predicted molar refractivity (Wildman–Crippen MR) is 85.9 cm³/mol. The van der Waals surface area contributed by atoms with Crippen LogP contribution < -0.4 is 4.90 Å². The molecule has 0 bridgehead atoms. The van der Waals surface area contributed by atoms with Gasteiger partial charge in [0.15, 0.2) is 0 Å². The van der Waals surface area contributed by atoms with Gasteiger partial charge in [-0.05, 0) is 38.2 Å². The van der Waals surface area contributed by atoms with E-state index in [4.69, 9.17) is 0 Å². The molecule has 22 heavy (non-hydrogen) atoms. The first-order valence-electron chi connectivity index (χ1n) is 8.06. The van der Waals surface area contributed by atoms with E-state index in [1.54, 1.807) is 10.8 Å². The van der Waals surface area contributed by atoms with Crippen molar-refractivity contribution >= 4 is 11.3 Å². The van der Waals surface area contributed by atoms with Gasteiger partial charge in [-0.1, -0.05) is 13.8 Å². The molecular weight excluding hydrogens is 278 g/mol. The monoisotopic (exact) mass is 303 g/mol. The highest BCUT2D eigenvalue weighted by Crippen LogP contribution is 2.38. The number of aliphatic hydroxyl groups excluding tert-OH is 1. The molecule has 1 saturated heterocycles. The van der Waals surface area contributed by atoms with Crippen LogP contribution in [-0.2, 0) is 0 Å². The van der Waals surface area contributed by atoms with Crippen LogP contribution in [0.15, 0.2) is 12.4 Å². The average molecular weight is 303 g/mol. The Morgan fingerprint density at radius 3 is 2.95 bits per heavy atom. The maximum atomic E-state index is 10.0. The second-order valence-corrected chi connectivity index (χ2v) is 7.05. The lowest BCUT2D eigenvalue weighted by Crippen LogP contribution is -2.46. The molecule has 1 fully saturated rings. The smallest absolute Gasteiger partial charge is 0.200 e. The number of fused-ring (bicyclic) bond motifs is 1. The molecular formula is C16H25N5O. The second kappa shape index (κ2) is 5.83. The number of nitrogens with zero attached hydrogens (tertiary/aromatic N) is 5. The van der Waals surface area contributed by atoms with Crippen molar-refractivity contribution in [3.8, 4) is 0 Å². The Bertz CT molecular complexity index is 653. The minimum absolute atomic E-state index is 0.0133. The van der Waals surface area contributed by atoms with Crippen LogP contribution in [0.4, 0.5) is 5.69 Å². The van der Waals surface area contributed by atoms with Gasteiger partial charge in [-0.15, -0.1) is 10.2 Å². The first kappa shape index (κ1) is 15.2. The molecule has 0 amide bonds. The standard InChI is InChI=1S/C16H25N5O/c1-12(2)8-16(10-22)5-4-6-20(9-16)14-7-13(3)19-21-11-17-18-15(14)21/h7,11-12,22H,4-6,8-10H2,1-3H3. The topological polar surface area (TPSA) is 66.5 Å². The molecule has 1 aliphatic heterocycles. The first-order chi connectivity index (χ1) is 10.5. The lowest BCUT2D eigenvalue weighted by molar-refractivity contribution is 0.0833. The van der Waals surface area contributed by atoms with Gasteiger partial charge < -0.3 is 10.0 Å². The molecule has 0 radical (unpaired) electrons. The van der Waals surface area contributed by atoms with E-state index in [1.165, 1.54) is 0 Å². The van der Waals surface area contributed by atoms with Crippen LogP contribution in [0.25, 0.3) is 5.65 Å². The number of anilines is 1. The molecule has 6 heteroatoms. The van der Waals surface area contributed by atoms with Gasteiger partial charge in [0, 0.05) is 18.5 Å². The Kier molecular flexibility index (Phi) is 4.04. The fourth-order valence-corrected chi connectivity index (χ4v) is 3.81. The van der Waals surface area contributed by atoms with E-state index in [0.29, 0.717) is 5.92 Å². The van der Waals surface area contributed by atoms with Crippen LogP contribution in [0.1, 0.15) is 38.8 Å². The molecule has 2 aromatic heterocycles. The van der Waals surface area contributed by atoms with Crippen molar-refractivity contribution in [3.05, 3.63) is 18.1 Å². The summed E-state index contributed by atoms with van der Waals surface area (Å²) in [6.07, 6.45) is 4.87. The van der Waals surface area contributed by atoms with Gasteiger partial charge in [0.25, 0.3) is 0 Å². The van der Waals surface area contributed by atoms with Crippen LogP contribution in [0.5, 0.6) is 0 Å². The van der Waals surface area contributed by atoms with Gasteiger partial charge in [0.1, 0.15) is 6.33 Å². The summed E-state index contributed by atoms with van der Waals surface area (Å²) in [4.78, 5) is 2.35. The Labute approximate surface area is 131 Å². The molecule has 1 aliphatic rings. The summed E-state index contributed by atoms with van der Waals surface area (Å²) in [7, 11) is 0. The third kappa shape index (κ3) is 2.79. The molecule has 0 saturated carbocycles. The van der Waals surface area contributed by atoms with E-state index in [1.807, 2.05) is 6.92 Å². The van der Waals surface area contributed by atoms with Crippen LogP contribution in [-0.4, -0.2) is 44.6 Å². The highest BCUT2D eigenvalue weighted by molar-refractivity contribution is 5.68. The van der Waals surface area contributed by atoms with Crippen molar-refractivity contribution in [2.45, 2.75) is 40.0 Å². The summed E-state index contributed by atoms with van der Waals surface area (Å²) >= 11 is 0. The highest BCUT2D eigenvalue weighted by Gasteiger charge is 2.36. The van der Waals surface area contributed by atoms with Crippen molar-refractivity contribution < 1.29 is 5.11 Å². The third-order valence-electron chi connectivity index (χ3n) is 4.55. The molecule has 1 atom stereocenters. The number of hydrogen-bond acceptors (Lipinski definition) is 5. The summed E-state index contributed by atoms with van der Waals surface area (Å²) < 4.78 is 1.74. The molecule has 2 aromatic rings. The number of piperidine rings is 1. The van der Waals surface area contributed by atoms with Crippen molar-refractivity contribution in [2.24, 2.45) is 11.3 Å². The van der Waals surface area contributed by atoms with Gasteiger partial charge in [0.2, 0.25) is 5.65 Å². The van der Waals surface area contributed by atoms with E-state index < -0.39 is 0 Å². The normalized spacial score (nSPS) is 22.7. The summed E-state index contributed by atoms with van der Waals surface area (Å²) in [5.41, 5.74) is 2.81. The average Bonchev–Trinajstić information content (AvgIpc) is 2.94. The van der Waals surface area contributed by atoms with Crippen molar-refractivity contribution in [1.82, 2.24) is 19.8 Å². The molecule has 0 spiro atoms. The van der Waals surface area contributed by atoms with Crippen molar-refractivity contribution in [2.75, 3.05) is 24.6 Å². The van der Waals surface area contributed by atoms with Crippen LogP contribution >= 0.6 is 0 Å². The predicted octanol–water partition coefficient (Wildman–Crippen LogP) is 2.06. The quantitative estimate of drug-likeness (QED) is 0.936. The maximum absolute atomic E-state index is 10.0. The van der Waals surface area contributed by atoms with Gasteiger partial charge in [0.05, 0.1) is 18.0 Å². The summed E-state index contributed by atoms with van der Waals surface area (Å²) in [6.45, 7) is 8.54. The third-order valence-corrected chi connectivity index (χ3v) is 4.55. The lowest BCUT2D eigenvalue weighted by atomic mass is 9.74. The van der Waals surface area contributed by atoms with E-state index in [2.05, 4.69) is 40.1 Å². The summed E-state index contributed by atoms with van der Waals surface area (Å²) in [6, 6.07) is 2.08. The highest BCUT2D eigenvalue weighted by atomic mass is 16.3. The summed E-state index contributed by atoms with van der Waals surface area (Å²) in [5, 5.41) is 22.6. The Balaban J connectivity index is 1.95. The molecule has 120 valence electrons. The lowest BCUT2D eigenvalue weighted by Gasteiger charge is -2.43. The molecule has 1 N–H and O–H groups in total. The Hall–Kier alpha value is -1.69. The fraction of sp³-hybridized carbons (Fsp3) is 0.688. The van der Waals surface area contributed by atoms with Crippen molar-refractivity contribution in [1.29, 1.82) is 0 Å². The molecule has 3 rings (SSSR count). The largest absolute Gasteiger partial charge is 0.396 e. The zero-order chi connectivity index (χ0) is 15.7. The number of aromatic nitrogens is 4. The SMILES string of the molecule is Cc1cc(N2CCCC(CO)(CC(C)C)C2)c2nncn2n1. The van der Waals surface area contributed by atoms with Crippen LogP contribution in [0.2, 0.25) is 0 Å². The first-order valence-corrected chi connectivity index (χ1v) is 8.06. The summed E-state index contributed by atoms with van der Waals surface area (Å²) in [5.74, 6) is 0.583. The van der Waals surface area contributed by atoms with Crippen LogP contribution in [0.3, 0.4) is 0 Å². The molecule has 6 nitrogen and oxygen atoms in total. The van der Waals surface area contributed by atoms with Gasteiger partial charge in [-0.3, -0.25) is 0 Å². The molecule has 0 aliphatic carbocycles. The molecule has 0 aromatic carbocycles. The zero-order valence-corrected chi connectivity index (χ0v) is 13.7. The molecule has 3 heterocycles. The Morgan fingerprint density at radius 2 is 2.23 bits per heavy atom. The number of hydrogen-bond donors (Lipinski definition) is 1. The van der Waals surface area contributed by atoms with Gasteiger partial charge in [-0.25, -0.2) is 0 Å². The minimum Gasteiger partial charge on any atom is -0.396 e. The van der Waals surface area contributed by atoms with E-state index >= 15 is 0 Å². The van der Waals surface area contributed by atoms with E-state index in [-0.39, 0.29) is 12.0 Å². The van der Waals surface area contributed by atoms with Crippen molar-refractivity contribution in [3.63, 3.8) is 0 Å². The van der Waals surface area contributed by atoms with Gasteiger partial charge >= 0.3 is 0 Å². The van der Waals surface area contributed by atoms with E-state index in [9.17, 15) is 5.11 Å². The minimum atomic E-state index is -0.0133. The second-order valence-electron chi connectivity index (χ2n) is 7.05. The zero-order valence-electron chi connectivity index (χ0n) is 13.7. The molecule has 1 unspecified atom stereocenters. The number of rotatable bonds is 4. The van der Waals surface area contributed by atoms with E-state index in [0.717, 1.165) is 49.4 Å². The fourth-order valence-electron chi connectivity index (χ4n) is 3.81. The van der Waals surface area contributed by atoms with Gasteiger partial charge in [-0.2, -0.15) is 9.61 Å². The number of aryl methyl sites for hydroxylation is 1. The maximum Gasteiger partial charge on any atom is 0.200 e. The van der Waals surface area contributed by atoms with Crippen LogP contribution in [0, 0.1) is 18.3 Å².